The number of thiocarbonyl (C=S) groups is 1. The second kappa shape index (κ2) is 9.40. The van der Waals surface area contributed by atoms with Crippen LogP contribution in [-0.2, 0) is 4.74 Å². The topological polar surface area (TPSA) is 140 Å². The van der Waals surface area contributed by atoms with Crippen molar-refractivity contribution in [2.45, 2.75) is 0 Å². The first-order chi connectivity index (χ1) is 14.8. The normalized spacial score (nSPS) is 13.4. The van der Waals surface area contributed by atoms with Crippen LogP contribution in [0.2, 0.25) is 0 Å². The fourth-order valence-corrected chi connectivity index (χ4v) is 3.14. The van der Waals surface area contributed by atoms with E-state index in [0.717, 1.165) is 24.3 Å². The SMILES string of the molecule is O=C(NC(=S)Nc1cc([N+](=O)[O-])ccc1F)c1ccc(N2CCOCC2)c([N+](=O)[O-])c1. The molecule has 2 aromatic rings. The van der Waals surface area contributed by atoms with Crippen LogP contribution in [0, 0.1) is 26.0 Å². The predicted molar refractivity (Wildman–Crippen MR) is 113 cm³/mol. The van der Waals surface area contributed by atoms with Crippen LogP contribution in [0.25, 0.3) is 0 Å². The van der Waals surface area contributed by atoms with E-state index in [-0.39, 0.29) is 27.7 Å². The summed E-state index contributed by atoms with van der Waals surface area (Å²) in [7, 11) is 0. The zero-order chi connectivity index (χ0) is 22.5. The van der Waals surface area contributed by atoms with Gasteiger partial charge in [-0.2, -0.15) is 0 Å². The lowest BCUT2D eigenvalue weighted by molar-refractivity contribution is -0.384. The van der Waals surface area contributed by atoms with Crippen LogP contribution in [0.5, 0.6) is 0 Å². The molecule has 0 atom stereocenters. The van der Waals surface area contributed by atoms with Crippen LogP contribution in [0.3, 0.4) is 0 Å². The van der Waals surface area contributed by atoms with Gasteiger partial charge in [0.25, 0.3) is 17.3 Å². The van der Waals surface area contributed by atoms with Gasteiger partial charge in [-0.1, -0.05) is 0 Å². The number of benzene rings is 2. The number of morpholine rings is 1. The van der Waals surface area contributed by atoms with E-state index in [1.54, 1.807) is 4.90 Å². The third-order valence-electron chi connectivity index (χ3n) is 4.42. The van der Waals surface area contributed by atoms with Gasteiger partial charge in [0.15, 0.2) is 5.11 Å². The number of carbonyl (C=O) groups is 1. The van der Waals surface area contributed by atoms with Gasteiger partial charge in [0, 0.05) is 36.9 Å². The molecule has 0 unspecified atom stereocenters. The molecule has 1 saturated heterocycles. The van der Waals surface area contributed by atoms with E-state index in [1.165, 1.54) is 12.1 Å². The predicted octanol–water partition coefficient (Wildman–Crippen LogP) is 2.61. The number of rotatable bonds is 5. The van der Waals surface area contributed by atoms with Crippen LogP contribution in [0.4, 0.5) is 27.1 Å². The number of nitro groups is 2. The highest BCUT2D eigenvalue weighted by Gasteiger charge is 2.23. The molecule has 0 aliphatic carbocycles. The number of amides is 1. The summed E-state index contributed by atoms with van der Waals surface area (Å²) < 4.78 is 19.1. The van der Waals surface area contributed by atoms with Gasteiger partial charge in [0.05, 0.1) is 28.7 Å². The van der Waals surface area contributed by atoms with Crippen molar-refractivity contribution in [2.24, 2.45) is 0 Å². The minimum Gasteiger partial charge on any atom is -0.378 e. The summed E-state index contributed by atoms with van der Waals surface area (Å²) in [6, 6.07) is 6.79. The lowest BCUT2D eigenvalue weighted by atomic mass is 10.1. The molecule has 1 fully saturated rings. The number of hydrogen-bond donors (Lipinski definition) is 2. The Hall–Kier alpha value is -3.71. The summed E-state index contributed by atoms with van der Waals surface area (Å²) in [5.41, 5.74) is -0.588. The molecule has 31 heavy (non-hydrogen) atoms. The van der Waals surface area contributed by atoms with Crippen molar-refractivity contribution in [2.75, 3.05) is 36.5 Å². The Morgan fingerprint density at radius 3 is 2.45 bits per heavy atom. The number of nitrogens with zero attached hydrogens (tertiary/aromatic N) is 3. The molecule has 0 radical (unpaired) electrons. The first kappa shape index (κ1) is 22.0. The van der Waals surface area contributed by atoms with E-state index in [0.29, 0.717) is 32.0 Å². The number of anilines is 2. The Morgan fingerprint density at radius 2 is 1.81 bits per heavy atom. The Kier molecular flexibility index (Phi) is 6.67. The van der Waals surface area contributed by atoms with Gasteiger partial charge in [0.2, 0.25) is 0 Å². The Morgan fingerprint density at radius 1 is 1.10 bits per heavy atom. The summed E-state index contributed by atoms with van der Waals surface area (Å²) in [5.74, 6) is -1.58. The lowest BCUT2D eigenvalue weighted by Gasteiger charge is -2.28. The first-order valence-corrected chi connectivity index (χ1v) is 9.34. The Balaban J connectivity index is 1.75. The molecule has 2 N–H and O–H groups in total. The molecular weight excluding hydrogens is 433 g/mol. The van der Waals surface area contributed by atoms with Gasteiger partial charge in [-0.05, 0) is 30.4 Å². The molecule has 0 bridgehead atoms. The molecule has 162 valence electrons. The van der Waals surface area contributed by atoms with Gasteiger partial charge in [-0.3, -0.25) is 30.3 Å². The number of halogens is 1. The zero-order valence-electron chi connectivity index (χ0n) is 15.9. The van der Waals surface area contributed by atoms with Crippen molar-refractivity contribution in [3.8, 4) is 0 Å². The maximum absolute atomic E-state index is 13.9. The minimum absolute atomic E-state index is 0.0348. The molecule has 1 aliphatic heterocycles. The Labute approximate surface area is 180 Å². The van der Waals surface area contributed by atoms with Crippen molar-refractivity contribution < 1.29 is 23.8 Å². The van der Waals surface area contributed by atoms with E-state index in [2.05, 4.69) is 10.6 Å². The second-order valence-electron chi connectivity index (χ2n) is 6.39. The molecule has 1 amide bonds. The summed E-state index contributed by atoms with van der Waals surface area (Å²) in [5, 5.41) is 26.7. The van der Waals surface area contributed by atoms with Crippen molar-refractivity contribution in [1.29, 1.82) is 0 Å². The molecule has 0 spiro atoms. The first-order valence-electron chi connectivity index (χ1n) is 8.93. The van der Waals surface area contributed by atoms with Gasteiger partial charge >= 0.3 is 0 Å². The molecule has 0 aromatic heterocycles. The fraction of sp³-hybridized carbons (Fsp3) is 0.222. The van der Waals surface area contributed by atoms with Crippen LogP contribution in [-0.4, -0.2) is 47.2 Å². The summed E-state index contributed by atoms with van der Waals surface area (Å²) in [4.78, 5) is 35.3. The van der Waals surface area contributed by atoms with Crippen LogP contribution >= 0.6 is 12.2 Å². The van der Waals surface area contributed by atoms with Gasteiger partial charge in [-0.15, -0.1) is 0 Å². The highest BCUT2D eigenvalue weighted by Crippen LogP contribution is 2.30. The van der Waals surface area contributed by atoms with Crippen LogP contribution in [0.1, 0.15) is 10.4 Å². The number of hydrogen-bond acceptors (Lipinski definition) is 8. The minimum atomic E-state index is -0.812. The number of carbonyl (C=O) groups excluding carboxylic acids is 1. The Bertz CT molecular complexity index is 1060. The number of nitrogens with one attached hydrogen (secondary N) is 2. The third-order valence-corrected chi connectivity index (χ3v) is 4.63. The number of nitro benzene ring substituents is 2. The van der Waals surface area contributed by atoms with E-state index >= 15 is 0 Å². The molecule has 11 nitrogen and oxygen atoms in total. The van der Waals surface area contributed by atoms with Gasteiger partial charge in [0.1, 0.15) is 11.5 Å². The van der Waals surface area contributed by atoms with E-state index in [1.807, 2.05) is 0 Å². The highest BCUT2D eigenvalue weighted by atomic mass is 32.1. The van der Waals surface area contributed by atoms with E-state index in [9.17, 15) is 29.4 Å². The van der Waals surface area contributed by atoms with Crippen LogP contribution < -0.4 is 15.5 Å². The molecule has 0 saturated carbocycles. The number of ether oxygens (including phenoxy) is 1. The summed E-state index contributed by atoms with van der Waals surface area (Å²) in [6.07, 6.45) is 0. The van der Waals surface area contributed by atoms with Crippen LogP contribution in [0.15, 0.2) is 36.4 Å². The van der Waals surface area contributed by atoms with Crippen molar-refractivity contribution in [3.05, 3.63) is 68.0 Å². The average Bonchev–Trinajstić information content (AvgIpc) is 2.75. The van der Waals surface area contributed by atoms with Crippen molar-refractivity contribution >= 4 is 46.0 Å². The smallest absolute Gasteiger partial charge is 0.293 e. The molecular formula is C18H16FN5O6S. The molecule has 1 aliphatic rings. The molecule has 2 aromatic carbocycles. The molecule has 1 heterocycles. The van der Waals surface area contributed by atoms with Crippen molar-refractivity contribution in [3.63, 3.8) is 0 Å². The highest BCUT2D eigenvalue weighted by molar-refractivity contribution is 7.80. The van der Waals surface area contributed by atoms with Crippen molar-refractivity contribution in [1.82, 2.24) is 5.32 Å². The van der Waals surface area contributed by atoms with E-state index < -0.39 is 21.6 Å². The maximum Gasteiger partial charge on any atom is 0.293 e. The fourth-order valence-electron chi connectivity index (χ4n) is 2.93. The van der Waals surface area contributed by atoms with Gasteiger partial charge < -0.3 is 15.0 Å². The quantitative estimate of drug-likeness (QED) is 0.400. The average molecular weight is 449 g/mol. The van der Waals surface area contributed by atoms with Gasteiger partial charge in [-0.25, -0.2) is 4.39 Å². The zero-order valence-corrected chi connectivity index (χ0v) is 16.7. The number of non-ortho nitro benzene ring substituents is 1. The monoisotopic (exact) mass is 449 g/mol. The largest absolute Gasteiger partial charge is 0.378 e. The molecule has 13 heteroatoms. The molecule has 3 rings (SSSR count). The summed E-state index contributed by atoms with van der Waals surface area (Å²) >= 11 is 4.96. The standard InChI is InChI=1S/C18H16FN5O6S/c19-13-3-2-12(23(26)27)10-14(13)20-18(31)21-17(25)11-1-4-15(16(9-11)24(28)29)22-5-7-30-8-6-22/h1-4,9-10H,5-8H2,(H2,20,21,25,31). The third kappa shape index (κ3) is 5.26. The maximum atomic E-state index is 13.9. The summed E-state index contributed by atoms with van der Waals surface area (Å²) in [6.45, 7) is 1.84. The lowest BCUT2D eigenvalue weighted by Crippen LogP contribution is -2.37. The second-order valence-corrected chi connectivity index (χ2v) is 6.80. The van der Waals surface area contributed by atoms with E-state index in [4.69, 9.17) is 17.0 Å².